The summed E-state index contributed by atoms with van der Waals surface area (Å²) in [6.45, 7) is 6.06. The minimum Gasteiger partial charge on any atom is -0.462 e. The standard InChI is InChI=1S/C21H25NO3S2/c1-4-25-21(24)18-16-7-5-6-8-17(16)27-20(18)22-19(23)14(3)26-15-11-9-13(2)10-12-15/h9-12,14H,4-8H2,1-3H3,(H,22,23)/t14-/m1/s1. The third-order valence-electron chi connectivity index (χ3n) is 4.59. The van der Waals surface area contributed by atoms with E-state index in [1.807, 2.05) is 38.1 Å². The van der Waals surface area contributed by atoms with E-state index in [9.17, 15) is 9.59 Å². The molecular formula is C21H25NO3S2. The minimum absolute atomic E-state index is 0.0929. The molecule has 0 fully saturated rings. The fourth-order valence-electron chi connectivity index (χ4n) is 3.16. The number of esters is 1. The molecule has 27 heavy (non-hydrogen) atoms. The number of thioether (sulfide) groups is 1. The smallest absolute Gasteiger partial charge is 0.341 e. The van der Waals surface area contributed by atoms with Crippen molar-refractivity contribution in [3.8, 4) is 0 Å². The lowest BCUT2D eigenvalue weighted by Gasteiger charge is -2.13. The summed E-state index contributed by atoms with van der Waals surface area (Å²) in [5.74, 6) is -0.421. The van der Waals surface area contributed by atoms with Crippen LogP contribution < -0.4 is 5.32 Å². The first kappa shape index (κ1) is 20.0. The predicted octanol–water partition coefficient (Wildman–Crippen LogP) is 5.23. The highest BCUT2D eigenvalue weighted by molar-refractivity contribution is 8.00. The summed E-state index contributed by atoms with van der Waals surface area (Å²) in [5, 5.41) is 3.37. The first-order chi connectivity index (χ1) is 13.0. The number of ether oxygens (including phenoxy) is 1. The number of carbonyl (C=O) groups excluding carboxylic acids is 2. The first-order valence-corrected chi connectivity index (χ1v) is 11.0. The molecule has 0 radical (unpaired) electrons. The Bertz CT molecular complexity index is 827. The summed E-state index contributed by atoms with van der Waals surface area (Å²) in [6, 6.07) is 8.13. The van der Waals surface area contributed by atoms with Gasteiger partial charge in [0.25, 0.3) is 0 Å². The normalized spacial score (nSPS) is 14.3. The van der Waals surface area contributed by atoms with Crippen molar-refractivity contribution in [3.63, 3.8) is 0 Å². The van der Waals surface area contributed by atoms with Crippen molar-refractivity contribution >= 4 is 40.0 Å². The third-order valence-corrected chi connectivity index (χ3v) is 6.91. The molecule has 1 N–H and O–H groups in total. The zero-order valence-corrected chi connectivity index (χ0v) is 17.6. The van der Waals surface area contributed by atoms with Crippen LogP contribution in [-0.2, 0) is 22.4 Å². The Kier molecular flexibility index (Phi) is 6.60. The Labute approximate surface area is 168 Å². The molecule has 1 aromatic carbocycles. The van der Waals surface area contributed by atoms with E-state index < -0.39 is 0 Å². The summed E-state index contributed by atoms with van der Waals surface area (Å²) < 4.78 is 5.25. The van der Waals surface area contributed by atoms with Gasteiger partial charge in [-0.2, -0.15) is 0 Å². The number of anilines is 1. The van der Waals surface area contributed by atoms with Crippen molar-refractivity contribution in [2.45, 2.75) is 56.6 Å². The van der Waals surface area contributed by atoms with Crippen LogP contribution >= 0.6 is 23.1 Å². The molecule has 1 amide bonds. The molecule has 0 aliphatic heterocycles. The van der Waals surface area contributed by atoms with Crippen LogP contribution in [0.3, 0.4) is 0 Å². The van der Waals surface area contributed by atoms with E-state index in [-0.39, 0.29) is 17.1 Å². The lowest BCUT2D eigenvalue weighted by atomic mass is 9.95. The number of aryl methyl sites for hydroxylation is 2. The summed E-state index contributed by atoms with van der Waals surface area (Å²) >= 11 is 3.04. The third kappa shape index (κ3) is 4.74. The highest BCUT2D eigenvalue weighted by Crippen LogP contribution is 2.39. The maximum Gasteiger partial charge on any atom is 0.341 e. The second-order valence-electron chi connectivity index (χ2n) is 6.70. The molecule has 0 saturated heterocycles. The van der Waals surface area contributed by atoms with E-state index in [4.69, 9.17) is 4.74 Å². The Morgan fingerprint density at radius 3 is 2.63 bits per heavy atom. The Morgan fingerprint density at radius 1 is 1.22 bits per heavy atom. The van der Waals surface area contributed by atoms with E-state index in [2.05, 4.69) is 5.32 Å². The topological polar surface area (TPSA) is 55.4 Å². The molecule has 3 rings (SSSR count). The van der Waals surface area contributed by atoms with Crippen molar-refractivity contribution in [2.24, 2.45) is 0 Å². The predicted molar refractivity (Wildman–Crippen MR) is 112 cm³/mol. The maximum atomic E-state index is 12.8. The summed E-state index contributed by atoms with van der Waals surface area (Å²) in [6.07, 6.45) is 4.05. The lowest BCUT2D eigenvalue weighted by molar-refractivity contribution is -0.115. The van der Waals surface area contributed by atoms with Crippen LogP contribution in [-0.4, -0.2) is 23.7 Å². The van der Waals surface area contributed by atoms with Crippen molar-refractivity contribution in [1.29, 1.82) is 0 Å². The fraction of sp³-hybridized carbons (Fsp3) is 0.429. The number of hydrogen-bond donors (Lipinski definition) is 1. The van der Waals surface area contributed by atoms with Crippen LogP contribution in [0.4, 0.5) is 5.00 Å². The van der Waals surface area contributed by atoms with Gasteiger partial charge in [-0.1, -0.05) is 17.7 Å². The molecule has 1 heterocycles. The highest BCUT2D eigenvalue weighted by atomic mass is 32.2. The SMILES string of the molecule is CCOC(=O)c1c(NC(=O)[C@@H](C)Sc2ccc(C)cc2)sc2c1CCCC2. The van der Waals surface area contributed by atoms with Crippen molar-refractivity contribution in [3.05, 3.63) is 45.8 Å². The van der Waals surface area contributed by atoms with Crippen molar-refractivity contribution in [1.82, 2.24) is 0 Å². The van der Waals surface area contributed by atoms with Gasteiger partial charge in [0, 0.05) is 9.77 Å². The molecule has 2 aromatic rings. The molecule has 1 aliphatic carbocycles. The zero-order chi connectivity index (χ0) is 19.4. The van der Waals surface area contributed by atoms with Gasteiger partial charge in [0.1, 0.15) is 5.00 Å². The molecule has 144 valence electrons. The van der Waals surface area contributed by atoms with Gasteiger partial charge in [0.2, 0.25) is 5.91 Å². The number of hydrogen-bond acceptors (Lipinski definition) is 5. The number of nitrogens with one attached hydrogen (secondary N) is 1. The zero-order valence-electron chi connectivity index (χ0n) is 16.0. The number of thiophene rings is 1. The van der Waals surface area contributed by atoms with Gasteiger partial charge in [-0.3, -0.25) is 4.79 Å². The minimum atomic E-state index is -0.328. The van der Waals surface area contributed by atoms with E-state index >= 15 is 0 Å². The lowest BCUT2D eigenvalue weighted by Crippen LogP contribution is -2.23. The second-order valence-corrected chi connectivity index (χ2v) is 9.22. The number of amides is 1. The quantitative estimate of drug-likeness (QED) is 0.530. The van der Waals surface area contributed by atoms with Crippen LogP contribution in [0.5, 0.6) is 0 Å². The van der Waals surface area contributed by atoms with Crippen molar-refractivity contribution in [2.75, 3.05) is 11.9 Å². The van der Waals surface area contributed by atoms with Crippen LogP contribution in [0.1, 0.15) is 53.1 Å². The molecule has 1 aliphatic rings. The summed E-state index contributed by atoms with van der Waals surface area (Å²) in [5.41, 5.74) is 2.83. The van der Waals surface area contributed by atoms with E-state index in [0.717, 1.165) is 36.1 Å². The Hall–Kier alpha value is -1.79. The molecule has 1 aromatic heterocycles. The van der Waals surface area contributed by atoms with E-state index in [1.54, 1.807) is 6.92 Å². The number of benzene rings is 1. The largest absolute Gasteiger partial charge is 0.462 e. The van der Waals surface area contributed by atoms with Gasteiger partial charge in [0.15, 0.2) is 0 Å². The van der Waals surface area contributed by atoms with Crippen LogP contribution in [0.2, 0.25) is 0 Å². The maximum absolute atomic E-state index is 12.8. The van der Waals surface area contributed by atoms with Crippen LogP contribution in [0.15, 0.2) is 29.2 Å². The van der Waals surface area contributed by atoms with Gasteiger partial charge < -0.3 is 10.1 Å². The van der Waals surface area contributed by atoms with Gasteiger partial charge in [-0.05, 0) is 64.2 Å². The molecule has 1 atom stereocenters. The average molecular weight is 404 g/mol. The van der Waals surface area contributed by atoms with Gasteiger partial charge in [0.05, 0.1) is 17.4 Å². The number of rotatable bonds is 6. The van der Waals surface area contributed by atoms with Gasteiger partial charge >= 0.3 is 5.97 Å². The van der Waals surface area contributed by atoms with Gasteiger partial charge in [-0.25, -0.2) is 4.79 Å². The molecular weight excluding hydrogens is 378 g/mol. The Balaban J connectivity index is 1.77. The molecule has 0 spiro atoms. The monoisotopic (exact) mass is 403 g/mol. The molecule has 6 heteroatoms. The number of carbonyl (C=O) groups is 2. The molecule has 4 nitrogen and oxygen atoms in total. The molecule has 0 unspecified atom stereocenters. The van der Waals surface area contributed by atoms with Crippen LogP contribution in [0.25, 0.3) is 0 Å². The van der Waals surface area contributed by atoms with Crippen molar-refractivity contribution < 1.29 is 14.3 Å². The first-order valence-electron chi connectivity index (χ1n) is 9.35. The van der Waals surface area contributed by atoms with E-state index in [0.29, 0.717) is 17.2 Å². The van der Waals surface area contributed by atoms with E-state index in [1.165, 1.54) is 33.5 Å². The second kappa shape index (κ2) is 8.93. The average Bonchev–Trinajstić information content (AvgIpc) is 3.01. The summed E-state index contributed by atoms with van der Waals surface area (Å²) in [7, 11) is 0. The molecule has 0 bridgehead atoms. The summed E-state index contributed by atoms with van der Waals surface area (Å²) in [4.78, 5) is 27.5. The van der Waals surface area contributed by atoms with Gasteiger partial charge in [-0.15, -0.1) is 23.1 Å². The fourth-order valence-corrected chi connectivity index (χ4v) is 5.31. The Morgan fingerprint density at radius 2 is 1.93 bits per heavy atom. The van der Waals surface area contributed by atoms with Crippen LogP contribution in [0, 0.1) is 6.92 Å². The number of fused-ring (bicyclic) bond motifs is 1. The molecule has 0 saturated carbocycles. The highest BCUT2D eigenvalue weighted by Gasteiger charge is 2.28.